The van der Waals surface area contributed by atoms with Crippen molar-refractivity contribution in [2.75, 3.05) is 5.32 Å². The number of nitrogens with zero attached hydrogens (tertiary/aromatic N) is 2. The van der Waals surface area contributed by atoms with Gasteiger partial charge < -0.3 is 10.4 Å². The molecule has 5 nitrogen and oxygen atoms in total. The van der Waals surface area contributed by atoms with Crippen molar-refractivity contribution in [3.8, 4) is 0 Å². The van der Waals surface area contributed by atoms with Crippen LogP contribution in [0.5, 0.6) is 0 Å². The van der Waals surface area contributed by atoms with Crippen LogP contribution in [0.3, 0.4) is 0 Å². The monoisotopic (exact) mass is 259 g/mol. The van der Waals surface area contributed by atoms with E-state index >= 15 is 0 Å². The van der Waals surface area contributed by atoms with Gasteiger partial charge in [-0.05, 0) is 18.1 Å². The van der Waals surface area contributed by atoms with Crippen molar-refractivity contribution in [3.05, 3.63) is 47.8 Å². The molecule has 0 aliphatic carbocycles. The molecule has 1 unspecified atom stereocenters. The molecule has 0 bridgehead atoms. The number of anilines is 1. The molecule has 100 valence electrons. The van der Waals surface area contributed by atoms with Crippen LogP contribution in [0.15, 0.2) is 36.7 Å². The maximum Gasteiger partial charge on any atom is 0.310 e. The smallest absolute Gasteiger partial charge is 0.310 e. The van der Waals surface area contributed by atoms with Crippen molar-refractivity contribution >= 4 is 11.7 Å². The Hall–Kier alpha value is -2.30. The number of hydrogen-bond acceptors (Lipinski definition) is 3. The van der Waals surface area contributed by atoms with Gasteiger partial charge in [-0.1, -0.05) is 24.3 Å². The Morgan fingerprint density at radius 3 is 2.63 bits per heavy atom. The first-order chi connectivity index (χ1) is 9.06. The summed E-state index contributed by atoms with van der Waals surface area (Å²) in [5.41, 5.74) is 2.88. The molecule has 0 saturated carbocycles. The number of rotatable bonds is 5. The Morgan fingerprint density at radius 2 is 2.11 bits per heavy atom. The SMILES string of the molecule is CC(C(=O)O)c1ccc(CNc2cnn(C)c2)cc1. The van der Waals surface area contributed by atoms with E-state index in [0.29, 0.717) is 6.54 Å². The number of aromatic nitrogens is 2. The third-order valence-electron chi connectivity index (χ3n) is 3.05. The summed E-state index contributed by atoms with van der Waals surface area (Å²) in [5.74, 6) is -1.28. The van der Waals surface area contributed by atoms with E-state index < -0.39 is 11.9 Å². The lowest BCUT2D eigenvalue weighted by Crippen LogP contribution is -2.07. The number of aryl methyl sites for hydroxylation is 1. The zero-order chi connectivity index (χ0) is 13.8. The van der Waals surface area contributed by atoms with Crippen molar-refractivity contribution < 1.29 is 9.90 Å². The van der Waals surface area contributed by atoms with E-state index in [-0.39, 0.29) is 0 Å². The number of carboxylic acid groups (broad SMARTS) is 1. The van der Waals surface area contributed by atoms with Gasteiger partial charge in [0.15, 0.2) is 0 Å². The van der Waals surface area contributed by atoms with Gasteiger partial charge in [-0.15, -0.1) is 0 Å². The van der Waals surface area contributed by atoms with Crippen LogP contribution < -0.4 is 5.32 Å². The average molecular weight is 259 g/mol. The lowest BCUT2D eigenvalue weighted by atomic mass is 10.0. The molecule has 1 heterocycles. The maximum atomic E-state index is 10.9. The summed E-state index contributed by atoms with van der Waals surface area (Å²) in [4.78, 5) is 10.9. The largest absolute Gasteiger partial charge is 0.481 e. The van der Waals surface area contributed by atoms with Gasteiger partial charge in [0.2, 0.25) is 0 Å². The van der Waals surface area contributed by atoms with Crippen LogP contribution in [0, 0.1) is 0 Å². The Balaban J connectivity index is 1.97. The fraction of sp³-hybridized carbons (Fsp3) is 0.286. The van der Waals surface area contributed by atoms with E-state index in [9.17, 15) is 4.79 Å². The van der Waals surface area contributed by atoms with Gasteiger partial charge in [0.25, 0.3) is 0 Å². The second-order valence-electron chi connectivity index (χ2n) is 4.56. The zero-order valence-corrected chi connectivity index (χ0v) is 11.0. The second kappa shape index (κ2) is 5.56. The van der Waals surface area contributed by atoms with E-state index in [1.807, 2.05) is 37.5 Å². The Bertz CT molecular complexity index is 560. The summed E-state index contributed by atoms with van der Waals surface area (Å²) in [7, 11) is 1.87. The summed E-state index contributed by atoms with van der Waals surface area (Å²) in [6, 6.07) is 7.61. The predicted octanol–water partition coefficient (Wildman–Crippen LogP) is 2.22. The minimum absolute atomic E-state index is 0.472. The van der Waals surface area contributed by atoms with E-state index in [1.54, 1.807) is 17.8 Å². The number of aliphatic carboxylic acids is 1. The Labute approximate surface area is 111 Å². The van der Waals surface area contributed by atoms with Crippen molar-refractivity contribution in [2.45, 2.75) is 19.4 Å². The van der Waals surface area contributed by atoms with Gasteiger partial charge in [0.1, 0.15) is 0 Å². The number of hydrogen-bond donors (Lipinski definition) is 2. The highest BCUT2D eigenvalue weighted by atomic mass is 16.4. The molecule has 2 aromatic rings. The van der Waals surface area contributed by atoms with Gasteiger partial charge in [0, 0.05) is 19.8 Å². The standard InChI is InChI=1S/C14H17N3O2/c1-10(14(18)19)12-5-3-11(4-6-12)7-15-13-8-16-17(2)9-13/h3-6,8-10,15H,7H2,1-2H3,(H,18,19). The second-order valence-corrected chi connectivity index (χ2v) is 4.56. The van der Waals surface area contributed by atoms with Gasteiger partial charge in [-0.2, -0.15) is 5.10 Å². The molecule has 0 fully saturated rings. The minimum Gasteiger partial charge on any atom is -0.481 e. The van der Waals surface area contributed by atoms with Gasteiger partial charge in [0.05, 0.1) is 17.8 Å². The van der Waals surface area contributed by atoms with Crippen LogP contribution in [0.4, 0.5) is 5.69 Å². The van der Waals surface area contributed by atoms with Crippen LogP contribution >= 0.6 is 0 Å². The molecule has 0 saturated heterocycles. The average Bonchev–Trinajstić information content (AvgIpc) is 2.82. The number of carboxylic acids is 1. The normalized spacial score (nSPS) is 12.1. The molecule has 5 heteroatoms. The van der Waals surface area contributed by atoms with Crippen LogP contribution in [-0.2, 0) is 18.4 Å². The zero-order valence-electron chi connectivity index (χ0n) is 11.0. The fourth-order valence-corrected chi connectivity index (χ4v) is 1.78. The highest BCUT2D eigenvalue weighted by Gasteiger charge is 2.12. The number of carbonyl (C=O) groups is 1. The van der Waals surface area contributed by atoms with Crippen LogP contribution in [0.1, 0.15) is 24.0 Å². The first-order valence-corrected chi connectivity index (χ1v) is 6.10. The number of benzene rings is 1. The lowest BCUT2D eigenvalue weighted by molar-refractivity contribution is -0.138. The molecule has 1 atom stereocenters. The molecule has 0 aliphatic heterocycles. The summed E-state index contributed by atoms with van der Waals surface area (Å²) in [6.45, 7) is 2.37. The molecular formula is C14H17N3O2. The van der Waals surface area contributed by atoms with E-state index in [2.05, 4.69) is 10.4 Å². The summed E-state index contributed by atoms with van der Waals surface area (Å²) in [5, 5.41) is 16.3. The van der Waals surface area contributed by atoms with Crippen LogP contribution in [0.25, 0.3) is 0 Å². The van der Waals surface area contributed by atoms with Crippen molar-refractivity contribution in [1.29, 1.82) is 0 Å². The topological polar surface area (TPSA) is 67.2 Å². The van der Waals surface area contributed by atoms with Gasteiger partial charge >= 0.3 is 5.97 Å². The molecule has 0 spiro atoms. The Morgan fingerprint density at radius 1 is 1.42 bits per heavy atom. The highest BCUT2D eigenvalue weighted by Crippen LogP contribution is 2.16. The van der Waals surface area contributed by atoms with Gasteiger partial charge in [-0.3, -0.25) is 9.48 Å². The molecule has 19 heavy (non-hydrogen) atoms. The summed E-state index contributed by atoms with van der Waals surface area (Å²) in [6.07, 6.45) is 3.67. The maximum absolute atomic E-state index is 10.9. The fourth-order valence-electron chi connectivity index (χ4n) is 1.78. The molecule has 0 amide bonds. The van der Waals surface area contributed by atoms with E-state index in [1.165, 1.54) is 0 Å². The molecule has 1 aromatic carbocycles. The lowest BCUT2D eigenvalue weighted by Gasteiger charge is -2.08. The van der Waals surface area contributed by atoms with Crippen molar-refractivity contribution in [1.82, 2.24) is 9.78 Å². The quantitative estimate of drug-likeness (QED) is 0.864. The molecule has 0 radical (unpaired) electrons. The molecule has 2 rings (SSSR count). The van der Waals surface area contributed by atoms with Crippen LogP contribution in [-0.4, -0.2) is 20.9 Å². The summed E-state index contributed by atoms with van der Waals surface area (Å²) >= 11 is 0. The van der Waals surface area contributed by atoms with Crippen molar-refractivity contribution in [3.63, 3.8) is 0 Å². The third-order valence-corrected chi connectivity index (χ3v) is 3.05. The summed E-state index contributed by atoms with van der Waals surface area (Å²) < 4.78 is 1.74. The molecule has 1 aromatic heterocycles. The first-order valence-electron chi connectivity index (χ1n) is 6.10. The van der Waals surface area contributed by atoms with Crippen molar-refractivity contribution in [2.24, 2.45) is 7.05 Å². The third kappa shape index (κ3) is 3.34. The van der Waals surface area contributed by atoms with Crippen LogP contribution in [0.2, 0.25) is 0 Å². The highest BCUT2D eigenvalue weighted by molar-refractivity contribution is 5.75. The van der Waals surface area contributed by atoms with E-state index in [0.717, 1.165) is 16.8 Å². The first kappa shape index (κ1) is 13.1. The number of nitrogens with one attached hydrogen (secondary N) is 1. The Kier molecular flexibility index (Phi) is 3.85. The molecular weight excluding hydrogens is 242 g/mol. The minimum atomic E-state index is -0.804. The predicted molar refractivity (Wildman–Crippen MR) is 73.0 cm³/mol. The van der Waals surface area contributed by atoms with Gasteiger partial charge in [-0.25, -0.2) is 0 Å². The van der Waals surface area contributed by atoms with E-state index in [4.69, 9.17) is 5.11 Å². The molecule has 0 aliphatic rings. The molecule has 2 N–H and O–H groups in total.